The van der Waals surface area contributed by atoms with Crippen LogP contribution in [-0.2, 0) is 6.54 Å². The molecule has 2 rings (SSSR count). The van der Waals surface area contributed by atoms with Crippen LogP contribution in [0.2, 0.25) is 5.02 Å². The van der Waals surface area contributed by atoms with Crippen molar-refractivity contribution in [3.63, 3.8) is 0 Å². The Morgan fingerprint density at radius 1 is 1.60 bits per heavy atom. The van der Waals surface area contributed by atoms with Crippen molar-refractivity contribution in [2.45, 2.75) is 6.54 Å². The van der Waals surface area contributed by atoms with Crippen LogP contribution >= 0.6 is 22.9 Å². The van der Waals surface area contributed by atoms with Crippen molar-refractivity contribution in [1.29, 1.82) is 0 Å². The number of hydrogen-bond donors (Lipinski definition) is 1. The molecule has 2 heterocycles. The van der Waals surface area contributed by atoms with Gasteiger partial charge in [-0.15, -0.1) is 11.3 Å². The molecule has 78 valence electrons. The Labute approximate surface area is 94.7 Å². The number of hydrogen-bond acceptors (Lipinski definition) is 3. The van der Waals surface area contributed by atoms with Gasteiger partial charge in [0.25, 0.3) is 0 Å². The second-order valence-corrected chi connectivity index (χ2v) is 4.53. The number of aromatic nitrogens is 2. The van der Waals surface area contributed by atoms with E-state index in [1.807, 2.05) is 0 Å². The number of carboxylic acid groups (broad SMARTS) is 1. The van der Waals surface area contributed by atoms with E-state index in [1.54, 1.807) is 29.2 Å². The van der Waals surface area contributed by atoms with Crippen LogP contribution in [0.25, 0.3) is 0 Å². The number of carbonyl (C=O) groups is 1. The highest BCUT2D eigenvalue weighted by molar-refractivity contribution is 7.13. The Morgan fingerprint density at radius 2 is 2.40 bits per heavy atom. The molecule has 15 heavy (non-hydrogen) atoms. The van der Waals surface area contributed by atoms with E-state index in [4.69, 9.17) is 16.7 Å². The molecule has 0 saturated carbocycles. The topological polar surface area (TPSA) is 55.1 Å². The lowest BCUT2D eigenvalue weighted by Gasteiger charge is -1.96. The first-order valence-electron chi connectivity index (χ1n) is 4.15. The molecule has 0 fully saturated rings. The summed E-state index contributed by atoms with van der Waals surface area (Å²) in [5.41, 5.74) is 0. The van der Waals surface area contributed by atoms with E-state index in [1.165, 1.54) is 11.3 Å². The van der Waals surface area contributed by atoms with Crippen LogP contribution in [0, 0.1) is 0 Å². The highest BCUT2D eigenvalue weighted by Crippen LogP contribution is 2.18. The first kappa shape index (κ1) is 10.2. The third-order valence-electron chi connectivity index (χ3n) is 1.79. The van der Waals surface area contributed by atoms with Gasteiger partial charge in [-0.2, -0.15) is 5.10 Å². The Balaban J connectivity index is 2.14. The van der Waals surface area contributed by atoms with E-state index in [-0.39, 0.29) is 0 Å². The van der Waals surface area contributed by atoms with Gasteiger partial charge in [-0.1, -0.05) is 11.6 Å². The molecule has 4 nitrogen and oxygen atoms in total. The van der Waals surface area contributed by atoms with Gasteiger partial charge in [-0.25, -0.2) is 4.79 Å². The van der Waals surface area contributed by atoms with Crippen LogP contribution in [0.4, 0.5) is 0 Å². The Kier molecular flexibility index (Phi) is 2.75. The van der Waals surface area contributed by atoms with Crippen molar-refractivity contribution in [3.05, 3.63) is 39.3 Å². The number of aromatic carboxylic acids is 1. The summed E-state index contributed by atoms with van der Waals surface area (Å²) in [6.45, 7) is 0.546. The third-order valence-corrected chi connectivity index (χ3v) is 3.05. The maximum absolute atomic E-state index is 10.6. The molecular formula is C9H7ClN2O2S. The van der Waals surface area contributed by atoms with Gasteiger partial charge >= 0.3 is 5.97 Å². The number of thiophene rings is 1. The second kappa shape index (κ2) is 4.04. The molecule has 0 spiro atoms. The van der Waals surface area contributed by atoms with Gasteiger partial charge < -0.3 is 5.11 Å². The average molecular weight is 243 g/mol. The number of carboxylic acids is 1. The molecule has 0 aliphatic carbocycles. The van der Waals surface area contributed by atoms with Crippen molar-refractivity contribution in [2.75, 3.05) is 0 Å². The van der Waals surface area contributed by atoms with Crippen LogP contribution in [-0.4, -0.2) is 20.9 Å². The van der Waals surface area contributed by atoms with Gasteiger partial charge in [0, 0.05) is 11.1 Å². The summed E-state index contributed by atoms with van der Waals surface area (Å²) in [6.07, 6.45) is 3.25. The van der Waals surface area contributed by atoms with E-state index in [9.17, 15) is 4.79 Å². The molecule has 0 unspecified atom stereocenters. The lowest BCUT2D eigenvalue weighted by atomic mass is 10.4. The summed E-state index contributed by atoms with van der Waals surface area (Å²) < 4.78 is 1.67. The van der Waals surface area contributed by atoms with Crippen LogP contribution in [0.5, 0.6) is 0 Å². The van der Waals surface area contributed by atoms with Crippen molar-refractivity contribution >= 4 is 28.9 Å². The minimum Gasteiger partial charge on any atom is -0.477 e. The van der Waals surface area contributed by atoms with Crippen molar-refractivity contribution in [1.82, 2.24) is 9.78 Å². The summed E-state index contributed by atoms with van der Waals surface area (Å²) in [5.74, 6) is -0.898. The summed E-state index contributed by atoms with van der Waals surface area (Å²) in [5, 5.41) is 13.3. The maximum Gasteiger partial charge on any atom is 0.345 e. The molecule has 2 aromatic rings. The molecule has 0 bridgehead atoms. The zero-order valence-electron chi connectivity index (χ0n) is 7.55. The smallest absolute Gasteiger partial charge is 0.345 e. The summed E-state index contributed by atoms with van der Waals surface area (Å²) in [4.78, 5) is 11.9. The predicted octanol–water partition coefficient (Wildman–Crippen LogP) is 2.34. The molecule has 0 radical (unpaired) electrons. The monoisotopic (exact) mass is 242 g/mol. The van der Waals surface area contributed by atoms with Gasteiger partial charge in [-0.3, -0.25) is 4.68 Å². The van der Waals surface area contributed by atoms with Crippen molar-refractivity contribution in [2.24, 2.45) is 0 Å². The molecule has 6 heteroatoms. The maximum atomic E-state index is 10.6. The minimum atomic E-state index is -0.898. The average Bonchev–Trinajstić information content (AvgIpc) is 2.76. The SMILES string of the molecule is O=C(O)c1ccc(Cn2cc(Cl)cn2)s1. The van der Waals surface area contributed by atoms with Crippen LogP contribution in [0.3, 0.4) is 0 Å². The lowest BCUT2D eigenvalue weighted by molar-refractivity contribution is 0.0702. The van der Waals surface area contributed by atoms with E-state index in [0.717, 1.165) is 4.88 Å². The molecule has 0 amide bonds. The molecule has 0 aromatic carbocycles. The third kappa shape index (κ3) is 2.37. The van der Waals surface area contributed by atoms with Crippen LogP contribution < -0.4 is 0 Å². The molecule has 2 aromatic heterocycles. The molecule has 1 N–H and O–H groups in total. The molecular weight excluding hydrogens is 236 g/mol. The first-order chi connectivity index (χ1) is 7.15. The fourth-order valence-corrected chi connectivity index (χ4v) is 2.16. The van der Waals surface area contributed by atoms with Crippen molar-refractivity contribution < 1.29 is 9.90 Å². The fourth-order valence-electron chi connectivity index (χ4n) is 1.16. The molecule has 0 aliphatic rings. The predicted molar refractivity (Wildman–Crippen MR) is 57.6 cm³/mol. The highest BCUT2D eigenvalue weighted by Gasteiger charge is 2.07. The van der Waals surface area contributed by atoms with Gasteiger partial charge in [0.2, 0.25) is 0 Å². The number of nitrogens with zero attached hydrogens (tertiary/aromatic N) is 2. The van der Waals surface area contributed by atoms with Gasteiger partial charge in [0.1, 0.15) is 4.88 Å². The quantitative estimate of drug-likeness (QED) is 0.899. The summed E-state index contributed by atoms with van der Waals surface area (Å²) >= 11 is 6.95. The van der Waals surface area contributed by atoms with Crippen LogP contribution in [0.1, 0.15) is 14.5 Å². The highest BCUT2D eigenvalue weighted by atomic mass is 35.5. The Bertz CT molecular complexity index is 492. The summed E-state index contributed by atoms with van der Waals surface area (Å²) in [7, 11) is 0. The Morgan fingerprint density at radius 3 is 2.93 bits per heavy atom. The molecule has 0 saturated heterocycles. The van der Waals surface area contributed by atoms with Gasteiger partial charge in [-0.05, 0) is 12.1 Å². The van der Waals surface area contributed by atoms with Gasteiger partial charge in [0.05, 0.1) is 17.8 Å². The standard InChI is InChI=1S/C9H7ClN2O2S/c10-6-3-11-12(4-6)5-7-1-2-8(15-7)9(13)14/h1-4H,5H2,(H,13,14). The first-order valence-corrected chi connectivity index (χ1v) is 5.34. The molecule has 0 aliphatic heterocycles. The normalized spacial score (nSPS) is 10.5. The van der Waals surface area contributed by atoms with E-state index < -0.39 is 5.97 Å². The molecule has 0 atom stereocenters. The largest absolute Gasteiger partial charge is 0.477 e. The van der Waals surface area contributed by atoms with E-state index in [2.05, 4.69) is 5.10 Å². The number of rotatable bonds is 3. The fraction of sp³-hybridized carbons (Fsp3) is 0.111. The number of halogens is 1. The summed E-state index contributed by atoms with van der Waals surface area (Å²) in [6, 6.07) is 3.37. The van der Waals surface area contributed by atoms with E-state index >= 15 is 0 Å². The lowest BCUT2D eigenvalue weighted by Crippen LogP contribution is -1.97. The van der Waals surface area contributed by atoms with Crippen molar-refractivity contribution in [3.8, 4) is 0 Å². The zero-order valence-corrected chi connectivity index (χ0v) is 9.13. The van der Waals surface area contributed by atoms with Crippen LogP contribution in [0.15, 0.2) is 24.5 Å². The zero-order chi connectivity index (χ0) is 10.8. The second-order valence-electron chi connectivity index (χ2n) is 2.93. The van der Waals surface area contributed by atoms with E-state index in [0.29, 0.717) is 16.4 Å². The van der Waals surface area contributed by atoms with Gasteiger partial charge in [0.15, 0.2) is 0 Å². The minimum absolute atomic E-state index is 0.336. The Hall–Kier alpha value is -1.33.